The lowest BCUT2D eigenvalue weighted by Crippen LogP contribution is -2.47. The summed E-state index contributed by atoms with van der Waals surface area (Å²) in [7, 11) is 0. The van der Waals surface area contributed by atoms with Crippen LogP contribution in [-0.2, 0) is 4.79 Å². The predicted molar refractivity (Wildman–Crippen MR) is 103 cm³/mol. The molecule has 3 heterocycles. The van der Waals surface area contributed by atoms with E-state index in [0.29, 0.717) is 11.9 Å². The van der Waals surface area contributed by atoms with Crippen LogP contribution < -0.4 is 0 Å². The molecule has 2 unspecified atom stereocenters. The van der Waals surface area contributed by atoms with E-state index >= 15 is 0 Å². The highest BCUT2D eigenvalue weighted by Crippen LogP contribution is 2.37. The van der Waals surface area contributed by atoms with Crippen molar-refractivity contribution in [2.24, 2.45) is 0 Å². The standard InChI is InChI=1S/C20H27N3OS/c1-15(20(24)22-12-6-2-3-7-13-22)23-14-8-10-17(23)19-21-16-9-4-5-11-18(16)25-19/h4-5,9,11,15,17H,2-3,6-8,10,12-14H2,1H3. The number of para-hydroxylation sites is 1. The Labute approximate surface area is 153 Å². The largest absolute Gasteiger partial charge is 0.341 e. The monoisotopic (exact) mass is 357 g/mol. The number of carbonyl (C=O) groups excluding carboxylic acids is 1. The van der Waals surface area contributed by atoms with Crippen LogP contribution in [0.25, 0.3) is 10.2 Å². The van der Waals surface area contributed by atoms with Crippen LogP contribution in [0.5, 0.6) is 0 Å². The normalized spacial score (nSPS) is 23.7. The molecule has 0 N–H and O–H groups in total. The first kappa shape index (κ1) is 17.0. The van der Waals surface area contributed by atoms with Crippen molar-refractivity contribution in [3.63, 3.8) is 0 Å². The highest BCUT2D eigenvalue weighted by molar-refractivity contribution is 7.18. The molecule has 0 aliphatic carbocycles. The van der Waals surface area contributed by atoms with E-state index in [-0.39, 0.29) is 6.04 Å². The van der Waals surface area contributed by atoms with Gasteiger partial charge in [-0.25, -0.2) is 4.98 Å². The van der Waals surface area contributed by atoms with Crippen LogP contribution in [0.1, 0.15) is 56.5 Å². The lowest BCUT2D eigenvalue weighted by atomic mass is 10.2. The number of hydrogen-bond acceptors (Lipinski definition) is 4. The van der Waals surface area contributed by atoms with Crippen LogP contribution in [-0.4, -0.2) is 46.4 Å². The van der Waals surface area contributed by atoms with Crippen molar-refractivity contribution in [1.29, 1.82) is 0 Å². The Bertz CT molecular complexity index is 702. The summed E-state index contributed by atoms with van der Waals surface area (Å²) in [5.74, 6) is 0.315. The van der Waals surface area contributed by atoms with E-state index in [1.54, 1.807) is 11.3 Å². The van der Waals surface area contributed by atoms with Crippen molar-refractivity contribution in [2.75, 3.05) is 19.6 Å². The first-order valence-electron chi connectivity index (χ1n) is 9.64. The van der Waals surface area contributed by atoms with E-state index in [4.69, 9.17) is 4.98 Å². The minimum absolute atomic E-state index is 0.0439. The number of fused-ring (bicyclic) bond motifs is 1. The quantitative estimate of drug-likeness (QED) is 0.825. The lowest BCUT2D eigenvalue weighted by molar-refractivity contribution is -0.136. The van der Waals surface area contributed by atoms with Crippen LogP contribution in [0.15, 0.2) is 24.3 Å². The topological polar surface area (TPSA) is 36.4 Å². The minimum Gasteiger partial charge on any atom is -0.341 e. The molecule has 2 aromatic rings. The summed E-state index contributed by atoms with van der Waals surface area (Å²) in [6, 6.07) is 8.59. The summed E-state index contributed by atoms with van der Waals surface area (Å²) in [5, 5.41) is 1.18. The number of amides is 1. The maximum atomic E-state index is 13.1. The molecule has 2 fully saturated rings. The number of rotatable bonds is 3. The summed E-state index contributed by atoms with van der Waals surface area (Å²) in [6.45, 7) is 4.96. The van der Waals surface area contributed by atoms with Crippen molar-refractivity contribution < 1.29 is 4.79 Å². The average molecular weight is 358 g/mol. The summed E-state index contributed by atoms with van der Waals surface area (Å²) < 4.78 is 1.25. The maximum absolute atomic E-state index is 13.1. The number of thiazole rings is 1. The summed E-state index contributed by atoms with van der Waals surface area (Å²) in [4.78, 5) is 22.4. The molecule has 1 aromatic heterocycles. The van der Waals surface area contributed by atoms with Crippen LogP contribution >= 0.6 is 11.3 Å². The van der Waals surface area contributed by atoms with Gasteiger partial charge in [0, 0.05) is 13.1 Å². The fraction of sp³-hybridized carbons (Fsp3) is 0.600. The maximum Gasteiger partial charge on any atom is 0.239 e. The molecule has 2 aliphatic heterocycles. The van der Waals surface area contributed by atoms with Crippen LogP contribution in [0.2, 0.25) is 0 Å². The van der Waals surface area contributed by atoms with Gasteiger partial charge in [0.15, 0.2) is 0 Å². The molecule has 1 amide bonds. The molecule has 0 radical (unpaired) electrons. The molecule has 2 atom stereocenters. The fourth-order valence-corrected chi connectivity index (χ4v) is 5.37. The molecule has 1 aromatic carbocycles. The fourth-order valence-electron chi connectivity index (χ4n) is 4.25. The van der Waals surface area contributed by atoms with E-state index in [2.05, 4.69) is 34.9 Å². The van der Waals surface area contributed by atoms with Crippen molar-refractivity contribution in [3.8, 4) is 0 Å². The van der Waals surface area contributed by atoms with Crippen molar-refractivity contribution >= 4 is 27.5 Å². The molecule has 2 saturated heterocycles. The Morgan fingerprint density at radius 2 is 1.88 bits per heavy atom. The molecular formula is C20H27N3OS. The van der Waals surface area contributed by atoms with Crippen molar-refractivity contribution in [2.45, 2.75) is 57.5 Å². The second-order valence-electron chi connectivity index (χ2n) is 7.33. The van der Waals surface area contributed by atoms with Crippen LogP contribution in [0.3, 0.4) is 0 Å². The van der Waals surface area contributed by atoms with Gasteiger partial charge >= 0.3 is 0 Å². The Morgan fingerprint density at radius 1 is 1.12 bits per heavy atom. The zero-order valence-electron chi connectivity index (χ0n) is 15.0. The molecule has 2 aliphatic rings. The zero-order valence-corrected chi connectivity index (χ0v) is 15.8. The van der Waals surface area contributed by atoms with Gasteiger partial charge in [-0.05, 0) is 51.3 Å². The zero-order chi connectivity index (χ0) is 17.2. The third-order valence-electron chi connectivity index (χ3n) is 5.66. The van der Waals surface area contributed by atoms with Crippen LogP contribution in [0.4, 0.5) is 0 Å². The molecule has 0 spiro atoms. The van der Waals surface area contributed by atoms with Gasteiger partial charge in [-0.15, -0.1) is 11.3 Å². The van der Waals surface area contributed by atoms with Crippen molar-refractivity contribution in [3.05, 3.63) is 29.3 Å². The molecule has 25 heavy (non-hydrogen) atoms. The lowest BCUT2D eigenvalue weighted by Gasteiger charge is -2.32. The third kappa shape index (κ3) is 3.44. The van der Waals surface area contributed by atoms with Gasteiger partial charge in [0.25, 0.3) is 0 Å². The molecule has 5 heteroatoms. The van der Waals surface area contributed by atoms with E-state index in [1.807, 2.05) is 6.07 Å². The highest BCUT2D eigenvalue weighted by atomic mass is 32.1. The van der Waals surface area contributed by atoms with E-state index < -0.39 is 0 Å². The van der Waals surface area contributed by atoms with Gasteiger partial charge in [0.05, 0.1) is 22.3 Å². The molecule has 0 bridgehead atoms. The third-order valence-corrected chi connectivity index (χ3v) is 6.80. The second kappa shape index (κ2) is 7.42. The molecule has 0 saturated carbocycles. The van der Waals surface area contributed by atoms with Gasteiger partial charge in [0.1, 0.15) is 5.01 Å². The number of benzene rings is 1. The highest BCUT2D eigenvalue weighted by Gasteiger charge is 2.36. The van der Waals surface area contributed by atoms with Crippen LogP contribution in [0, 0.1) is 0 Å². The summed E-state index contributed by atoms with van der Waals surface area (Å²) in [5.41, 5.74) is 1.08. The van der Waals surface area contributed by atoms with E-state index in [0.717, 1.165) is 50.8 Å². The van der Waals surface area contributed by atoms with Gasteiger partial charge in [0.2, 0.25) is 5.91 Å². The number of hydrogen-bond donors (Lipinski definition) is 0. The Hall–Kier alpha value is -1.46. The van der Waals surface area contributed by atoms with Gasteiger partial charge in [-0.1, -0.05) is 25.0 Å². The smallest absolute Gasteiger partial charge is 0.239 e. The molecule has 4 nitrogen and oxygen atoms in total. The van der Waals surface area contributed by atoms with Gasteiger partial charge in [-0.2, -0.15) is 0 Å². The molecular weight excluding hydrogens is 330 g/mol. The number of aromatic nitrogens is 1. The summed E-state index contributed by atoms with van der Waals surface area (Å²) in [6.07, 6.45) is 7.08. The van der Waals surface area contributed by atoms with Gasteiger partial charge < -0.3 is 4.90 Å². The first-order chi connectivity index (χ1) is 12.2. The Balaban J connectivity index is 1.52. The average Bonchev–Trinajstić information content (AvgIpc) is 3.19. The molecule has 4 rings (SSSR count). The first-order valence-corrected chi connectivity index (χ1v) is 10.5. The minimum atomic E-state index is -0.0439. The number of nitrogens with zero attached hydrogens (tertiary/aromatic N) is 3. The summed E-state index contributed by atoms with van der Waals surface area (Å²) >= 11 is 1.79. The second-order valence-corrected chi connectivity index (χ2v) is 8.39. The van der Waals surface area contributed by atoms with Gasteiger partial charge in [-0.3, -0.25) is 9.69 Å². The predicted octanol–water partition coefficient (Wildman–Crippen LogP) is 4.22. The van der Waals surface area contributed by atoms with E-state index in [1.165, 1.54) is 22.5 Å². The SMILES string of the molecule is CC(C(=O)N1CCCCCC1)N1CCCC1c1nc2ccccc2s1. The number of likely N-dealkylation sites (tertiary alicyclic amines) is 2. The number of carbonyl (C=O) groups is 1. The molecule has 134 valence electrons. The Morgan fingerprint density at radius 3 is 2.64 bits per heavy atom. The van der Waals surface area contributed by atoms with E-state index in [9.17, 15) is 4.79 Å². The van der Waals surface area contributed by atoms with Crippen molar-refractivity contribution in [1.82, 2.24) is 14.8 Å². The Kier molecular flexibility index (Phi) is 5.04.